The van der Waals surface area contributed by atoms with E-state index in [-0.39, 0.29) is 34.9 Å². The van der Waals surface area contributed by atoms with Crippen LogP contribution in [-0.4, -0.2) is 23.6 Å². The van der Waals surface area contributed by atoms with Crippen molar-refractivity contribution in [2.24, 2.45) is 27.1 Å². The molecule has 7 nitrogen and oxygen atoms in total. The predicted molar refractivity (Wildman–Crippen MR) is 119 cm³/mol. The van der Waals surface area contributed by atoms with E-state index in [0.717, 1.165) is 35.2 Å². The van der Waals surface area contributed by atoms with Gasteiger partial charge in [0, 0.05) is 29.3 Å². The number of hydrogen-bond acceptors (Lipinski definition) is 4. The zero-order valence-electron chi connectivity index (χ0n) is 18.3. The number of aryl methyl sites for hydroxylation is 1. The molecule has 1 aromatic heterocycles. The van der Waals surface area contributed by atoms with Crippen molar-refractivity contribution in [3.63, 3.8) is 0 Å². The van der Waals surface area contributed by atoms with Gasteiger partial charge >= 0.3 is 0 Å². The van der Waals surface area contributed by atoms with E-state index < -0.39 is 0 Å². The molecule has 2 aliphatic rings. The van der Waals surface area contributed by atoms with Crippen LogP contribution in [0, 0.1) is 18.2 Å². The summed E-state index contributed by atoms with van der Waals surface area (Å²) in [5.74, 6) is 0.342. The molecule has 0 spiro atoms. The normalized spacial score (nSPS) is 20.9. The van der Waals surface area contributed by atoms with Gasteiger partial charge in [-0.1, -0.05) is 13.8 Å². The molecule has 8 heteroatoms. The second-order valence-electron chi connectivity index (χ2n) is 9.28. The third kappa shape index (κ3) is 3.82. The highest BCUT2D eigenvalue weighted by atomic mass is 19.1. The van der Waals surface area contributed by atoms with Gasteiger partial charge in [0.25, 0.3) is 5.91 Å². The van der Waals surface area contributed by atoms with Gasteiger partial charge in [-0.05, 0) is 62.3 Å². The Morgan fingerprint density at radius 2 is 2.03 bits per heavy atom. The molecule has 0 fully saturated rings. The maximum atomic E-state index is 13.7. The molecule has 1 unspecified atom stereocenters. The number of rotatable bonds is 2. The Labute approximate surface area is 181 Å². The molecule has 164 valence electrons. The van der Waals surface area contributed by atoms with E-state index in [2.05, 4.69) is 24.1 Å². The van der Waals surface area contributed by atoms with Gasteiger partial charge in [-0.25, -0.2) is 4.39 Å². The largest absolute Gasteiger partial charge is 0.455 e. The second-order valence-corrected chi connectivity index (χ2v) is 9.28. The maximum absolute atomic E-state index is 13.7. The van der Waals surface area contributed by atoms with E-state index >= 15 is 0 Å². The third-order valence-corrected chi connectivity index (χ3v) is 6.07. The fourth-order valence-corrected chi connectivity index (χ4v) is 4.66. The molecule has 0 saturated heterocycles. The van der Waals surface area contributed by atoms with Crippen LogP contribution >= 0.6 is 0 Å². The van der Waals surface area contributed by atoms with Crippen LogP contribution in [0.3, 0.4) is 0 Å². The van der Waals surface area contributed by atoms with Crippen molar-refractivity contribution < 1.29 is 13.6 Å². The summed E-state index contributed by atoms with van der Waals surface area (Å²) < 4.78 is 19.9. The predicted octanol–water partition coefficient (Wildman–Crippen LogP) is 3.66. The van der Waals surface area contributed by atoms with Crippen LogP contribution in [0.4, 0.5) is 10.1 Å². The van der Waals surface area contributed by atoms with Crippen LogP contribution in [0.5, 0.6) is 0 Å². The summed E-state index contributed by atoms with van der Waals surface area (Å²) in [4.78, 5) is 15.4. The van der Waals surface area contributed by atoms with E-state index in [0.29, 0.717) is 24.3 Å². The van der Waals surface area contributed by atoms with E-state index in [1.165, 1.54) is 12.1 Å². The van der Waals surface area contributed by atoms with Gasteiger partial charge in [0.2, 0.25) is 5.96 Å². The summed E-state index contributed by atoms with van der Waals surface area (Å²) in [5, 5.41) is 8.09. The van der Waals surface area contributed by atoms with Crippen molar-refractivity contribution in [2.45, 2.75) is 59.4 Å². The van der Waals surface area contributed by atoms with Gasteiger partial charge in [-0.15, -0.1) is 5.10 Å². The minimum Gasteiger partial charge on any atom is -0.455 e. The summed E-state index contributed by atoms with van der Waals surface area (Å²) in [6.07, 6.45) is 2.82. The smallest absolute Gasteiger partial charge is 0.294 e. The first kappa shape index (κ1) is 21.1. The number of guanidine groups is 1. The molecule has 1 aliphatic carbocycles. The lowest BCUT2D eigenvalue weighted by Gasteiger charge is -2.34. The first-order chi connectivity index (χ1) is 14.6. The Balaban J connectivity index is 1.80. The van der Waals surface area contributed by atoms with Gasteiger partial charge in [-0.3, -0.25) is 4.79 Å². The quantitative estimate of drug-likeness (QED) is 0.435. The van der Waals surface area contributed by atoms with Crippen molar-refractivity contribution in [2.75, 3.05) is 4.90 Å². The van der Waals surface area contributed by atoms with Crippen LogP contribution in [-0.2, 0) is 12.8 Å². The van der Waals surface area contributed by atoms with Gasteiger partial charge < -0.3 is 20.8 Å². The number of furan rings is 1. The third-order valence-electron chi connectivity index (χ3n) is 6.07. The van der Waals surface area contributed by atoms with Gasteiger partial charge in [0.05, 0.1) is 5.71 Å². The first-order valence-electron chi connectivity index (χ1n) is 10.5. The maximum Gasteiger partial charge on any atom is 0.294 e. The molecule has 4 N–H and O–H groups in total. The number of anilines is 1. The molecular formula is C23H28FN5O2. The Bertz CT molecular complexity index is 1110. The van der Waals surface area contributed by atoms with E-state index in [4.69, 9.17) is 15.9 Å². The molecular weight excluding hydrogens is 397 g/mol. The fraction of sp³-hybridized carbons (Fsp3) is 0.435. The van der Waals surface area contributed by atoms with Crippen LogP contribution in [0.2, 0.25) is 0 Å². The van der Waals surface area contributed by atoms with Crippen molar-refractivity contribution in [1.29, 1.82) is 0 Å². The Kier molecular flexibility index (Phi) is 5.11. The van der Waals surface area contributed by atoms with Crippen molar-refractivity contribution >= 4 is 23.3 Å². The molecule has 31 heavy (non-hydrogen) atoms. The number of hydrogen-bond donors (Lipinski definition) is 2. The monoisotopic (exact) mass is 425 g/mol. The lowest BCUT2D eigenvalue weighted by Crippen LogP contribution is -2.42. The topological polar surface area (TPSA) is 110 Å². The fourth-order valence-electron chi connectivity index (χ4n) is 4.66. The van der Waals surface area contributed by atoms with Crippen LogP contribution in [0.1, 0.15) is 66.6 Å². The number of benzene rings is 1. The molecule has 0 radical (unpaired) electrons. The minimum absolute atomic E-state index is 0.0294. The van der Waals surface area contributed by atoms with Crippen molar-refractivity contribution in [3.8, 4) is 0 Å². The number of carbonyl (C=O) groups is 1. The Hall–Kier alpha value is -3.16. The first-order valence-corrected chi connectivity index (χ1v) is 10.5. The van der Waals surface area contributed by atoms with Gasteiger partial charge in [0.1, 0.15) is 11.6 Å². The summed E-state index contributed by atoms with van der Waals surface area (Å²) in [5.41, 5.74) is 14.6. The number of carbonyl (C=O) groups excluding carboxylic acids is 1. The molecule has 1 aliphatic heterocycles. The van der Waals surface area contributed by atoms with E-state index in [1.54, 1.807) is 11.0 Å². The zero-order valence-corrected chi connectivity index (χ0v) is 18.3. The molecule has 1 amide bonds. The minimum atomic E-state index is -0.298. The van der Waals surface area contributed by atoms with E-state index in [9.17, 15) is 9.18 Å². The molecule has 2 heterocycles. The summed E-state index contributed by atoms with van der Waals surface area (Å²) in [7, 11) is 0. The number of nitrogens with two attached hydrogens (primary N) is 2. The number of amides is 1. The lowest BCUT2D eigenvalue weighted by molar-refractivity contribution is 0.0944. The molecule has 1 aromatic carbocycles. The highest BCUT2D eigenvalue weighted by Crippen LogP contribution is 2.40. The molecule has 2 aromatic rings. The standard InChI is InChI=1S/C23H28FN5O2/c1-12-5-6-14-9-15(24)7-8-17(14)29(12)21(30)20-13(2)19-16(27-28-22(25)26)10-23(3,4)11-18(19)31-20/h7-9,12H,5-6,10-11H2,1-4H3,(H4,25,26,28)/b27-16-. The number of nitrogens with zero attached hydrogens (tertiary/aromatic N) is 3. The Morgan fingerprint density at radius 1 is 1.29 bits per heavy atom. The molecule has 1 atom stereocenters. The van der Waals surface area contributed by atoms with Crippen molar-refractivity contribution in [3.05, 3.63) is 52.2 Å². The lowest BCUT2D eigenvalue weighted by atomic mass is 9.75. The molecule has 0 bridgehead atoms. The van der Waals surface area contributed by atoms with E-state index in [1.807, 2.05) is 13.8 Å². The highest BCUT2D eigenvalue weighted by Gasteiger charge is 2.38. The summed E-state index contributed by atoms with van der Waals surface area (Å²) in [6.45, 7) is 8.08. The van der Waals surface area contributed by atoms with Crippen LogP contribution in [0.25, 0.3) is 0 Å². The summed E-state index contributed by atoms with van der Waals surface area (Å²) in [6, 6.07) is 4.53. The SMILES string of the molecule is Cc1c(C(=O)N2c3ccc(F)cc3CCC2C)oc2c1/C(=N\N=C(N)N)CC(C)(C)C2. The second kappa shape index (κ2) is 7.51. The number of fused-ring (bicyclic) bond motifs is 2. The van der Waals surface area contributed by atoms with Crippen LogP contribution in [0.15, 0.2) is 32.8 Å². The average Bonchev–Trinajstić information content (AvgIpc) is 3.00. The highest BCUT2D eigenvalue weighted by molar-refractivity contribution is 6.11. The van der Waals surface area contributed by atoms with Crippen LogP contribution < -0.4 is 16.4 Å². The average molecular weight is 426 g/mol. The van der Waals surface area contributed by atoms with Gasteiger partial charge in [0.15, 0.2) is 5.76 Å². The zero-order chi connectivity index (χ0) is 22.5. The molecule has 4 rings (SSSR count). The Morgan fingerprint density at radius 3 is 2.74 bits per heavy atom. The number of halogens is 1. The van der Waals surface area contributed by atoms with Gasteiger partial charge in [-0.2, -0.15) is 5.10 Å². The van der Waals surface area contributed by atoms with Crippen molar-refractivity contribution in [1.82, 2.24) is 0 Å². The summed E-state index contributed by atoms with van der Waals surface area (Å²) >= 11 is 0. The molecule has 0 saturated carbocycles.